The van der Waals surface area contributed by atoms with E-state index in [0.29, 0.717) is 5.02 Å². The number of nitrogens with one attached hydrogen (secondary N) is 1. The quantitative estimate of drug-likeness (QED) is 0.796. The van der Waals surface area contributed by atoms with Crippen LogP contribution in [0, 0.1) is 13.8 Å². The highest BCUT2D eigenvalue weighted by molar-refractivity contribution is 8.00. The Morgan fingerprint density at radius 2 is 1.81 bits per heavy atom. The molecular formula is C17H18ClNOS. The molecule has 2 aromatic rings. The molecule has 0 fully saturated rings. The standard InChI is InChI=1S/C17H18ClNOS/c1-11-4-7-15(8-5-11)21-13(3)17(20)19-16-9-6-14(18)10-12(16)2/h4-10,13H,1-3H3,(H,19,20)/t13-/m0/s1. The van der Waals surface area contributed by atoms with Crippen molar-refractivity contribution < 1.29 is 4.79 Å². The Kier molecular flexibility index (Phi) is 5.32. The molecule has 0 radical (unpaired) electrons. The van der Waals surface area contributed by atoms with Gasteiger partial charge in [0.2, 0.25) is 5.91 Å². The van der Waals surface area contributed by atoms with Crippen LogP contribution in [-0.2, 0) is 4.79 Å². The minimum atomic E-state index is -0.164. The fourth-order valence-corrected chi connectivity index (χ4v) is 2.97. The average Bonchev–Trinajstić information content (AvgIpc) is 2.44. The smallest absolute Gasteiger partial charge is 0.237 e. The van der Waals surface area contributed by atoms with E-state index in [-0.39, 0.29) is 11.2 Å². The van der Waals surface area contributed by atoms with Crippen LogP contribution >= 0.6 is 23.4 Å². The van der Waals surface area contributed by atoms with Gasteiger partial charge in [-0.1, -0.05) is 29.3 Å². The third-order valence-corrected chi connectivity index (χ3v) is 4.50. The molecule has 1 amide bonds. The van der Waals surface area contributed by atoms with E-state index in [1.165, 1.54) is 5.56 Å². The summed E-state index contributed by atoms with van der Waals surface area (Å²) in [5, 5.41) is 3.46. The number of rotatable bonds is 4. The van der Waals surface area contributed by atoms with E-state index < -0.39 is 0 Å². The zero-order valence-corrected chi connectivity index (χ0v) is 13.9. The third kappa shape index (κ3) is 4.51. The molecule has 0 aromatic heterocycles. The number of benzene rings is 2. The minimum absolute atomic E-state index is 0.00834. The summed E-state index contributed by atoms with van der Waals surface area (Å²) in [6.07, 6.45) is 0. The van der Waals surface area contributed by atoms with Crippen LogP contribution in [0.2, 0.25) is 5.02 Å². The van der Waals surface area contributed by atoms with Crippen molar-refractivity contribution in [2.24, 2.45) is 0 Å². The second-order valence-electron chi connectivity index (χ2n) is 5.02. The number of amides is 1. The number of carbonyl (C=O) groups excluding carboxylic acids is 1. The molecule has 2 aromatic carbocycles. The first-order valence-corrected chi connectivity index (χ1v) is 8.02. The van der Waals surface area contributed by atoms with E-state index in [1.807, 2.05) is 45.0 Å². The number of aryl methyl sites for hydroxylation is 2. The Morgan fingerprint density at radius 1 is 1.14 bits per heavy atom. The number of hydrogen-bond acceptors (Lipinski definition) is 2. The Labute approximate surface area is 134 Å². The van der Waals surface area contributed by atoms with Gasteiger partial charge in [0.1, 0.15) is 0 Å². The highest BCUT2D eigenvalue weighted by Gasteiger charge is 2.15. The van der Waals surface area contributed by atoms with E-state index in [9.17, 15) is 4.79 Å². The van der Waals surface area contributed by atoms with Crippen LogP contribution in [0.15, 0.2) is 47.4 Å². The van der Waals surface area contributed by atoms with Gasteiger partial charge in [-0.25, -0.2) is 0 Å². The van der Waals surface area contributed by atoms with Crippen molar-refractivity contribution in [1.82, 2.24) is 0 Å². The minimum Gasteiger partial charge on any atom is -0.325 e. The lowest BCUT2D eigenvalue weighted by Crippen LogP contribution is -2.22. The molecule has 0 saturated carbocycles. The van der Waals surface area contributed by atoms with Crippen molar-refractivity contribution in [3.05, 3.63) is 58.6 Å². The molecule has 2 nitrogen and oxygen atoms in total. The largest absolute Gasteiger partial charge is 0.325 e. The average molecular weight is 320 g/mol. The highest BCUT2D eigenvalue weighted by Crippen LogP contribution is 2.25. The molecule has 2 rings (SSSR count). The molecule has 0 spiro atoms. The van der Waals surface area contributed by atoms with Crippen LogP contribution in [0.1, 0.15) is 18.1 Å². The van der Waals surface area contributed by atoms with E-state index in [2.05, 4.69) is 17.4 Å². The molecule has 0 aliphatic carbocycles. The van der Waals surface area contributed by atoms with Gasteiger partial charge < -0.3 is 5.32 Å². The van der Waals surface area contributed by atoms with E-state index in [4.69, 9.17) is 11.6 Å². The molecule has 1 atom stereocenters. The fourth-order valence-electron chi connectivity index (χ4n) is 1.88. The lowest BCUT2D eigenvalue weighted by molar-refractivity contribution is -0.115. The second kappa shape index (κ2) is 7.01. The third-order valence-electron chi connectivity index (χ3n) is 3.15. The first kappa shape index (κ1) is 15.9. The summed E-state index contributed by atoms with van der Waals surface area (Å²) in [5.74, 6) is -0.00834. The van der Waals surface area contributed by atoms with Crippen LogP contribution in [0.25, 0.3) is 0 Å². The van der Waals surface area contributed by atoms with Crippen molar-refractivity contribution in [3.63, 3.8) is 0 Å². The normalized spacial score (nSPS) is 12.0. The summed E-state index contributed by atoms with van der Waals surface area (Å²) in [7, 11) is 0. The number of anilines is 1. The summed E-state index contributed by atoms with van der Waals surface area (Å²) in [4.78, 5) is 13.3. The maximum Gasteiger partial charge on any atom is 0.237 e. The van der Waals surface area contributed by atoms with Gasteiger partial charge in [-0.15, -0.1) is 11.8 Å². The molecule has 110 valence electrons. The van der Waals surface area contributed by atoms with Crippen LogP contribution < -0.4 is 5.32 Å². The molecular weight excluding hydrogens is 302 g/mol. The molecule has 0 heterocycles. The van der Waals surface area contributed by atoms with Crippen LogP contribution in [0.5, 0.6) is 0 Å². The van der Waals surface area contributed by atoms with E-state index >= 15 is 0 Å². The van der Waals surface area contributed by atoms with E-state index in [1.54, 1.807) is 17.8 Å². The summed E-state index contributed by atoms with van der Waals surface area (Å²) in [6, 6.07) is 13.6. The summed E-state index contributed by atoms with van der Waals surface area (Å²) in [6.45, 7) is 5.89. The Bertz CT molecular complexity index is 640. The Morgan fingerprint density at radius 3 is 2.43 bits per heavy atom. The lowest BCUT2D eigenvalue weighted by atomic mass is 10.2. The number of thioether (sulfide) groups is 1. The van der Waals surface area contributed by atoms with Crippen LogP contribution in [0.3, 0.4) is 0 Å². The number of halogens is 1. The van der Waals surface area contributed by atoms with Crippen molar-refractivity contribution in [3.8, 4) is 0 Å². The zero-order chi connectivity index (χ0) is 15.4. The van der Waals surface area contributed by atoms with Crippen LogP contribution in [0.4, 0.5) is 5.69 Å². The first-order chi connectivity index (χ1) is 9.95. The van der Waals surface area contributed by atoms with Gasteiger partial charge in [0.05, 0.1) is 5.25 Å². The monoisotopic (exact) mass is 319 g/mol. The predicted octanol–water partition coefficient (Wildman–Crippen LogP) is 5.08. The first-order valence-electron chi connectivity index (χ1n) is 6.76. The second-order valence-corrected chi connectivity index (χ2v) is 6.87. The van der Waals surface area contributed by atoms with Gasteiger partial charge in [-0.2, -0.15) is 0 Å². The summed E-state index contributed by atoms with van der Waals surface area (Å²) < 4.78 is 0. The van der Waals surface area contributed by atoms with Gasteiger partial charge in [0.25, 0.3) is 0 Å². The maximum absolute atomic E-state index is 12.3. The van der Waals surface area contributed by atoms with Gasteiger partial charge >= 0.3 is 0 Å². The molecule has 21 heavy (non-hydrogen) atoms. The summed E-state index contributed by atoms with van der Waals surface area (Å²) >= 11 is 7.47. The molecule has 4 heteroatoms. The number of hydrogen-bond donors (Lipinski definition) is 1. The van der Waals surface area contributed by atoms with Crippen molar-refractivity contribution >= 4 is 35.0 Å². The number of carbonyl (C=O) groups is 1. The zero-order valence-electron chi connectivity index (χ0n) is 12.3. The molecule has 0 aliphatic rings. The van der Waals surface area contributed by atoms with E-state index in [0.717, 1.165) is 16.1 Å². The predicted molar refractivity (Wildman–Crippen MR) is 91.3 cm³/mol. The van der Waals surface area contributed by atoms with Gasteiger partial charge in [0, 0.05) is 15.6 Å². The molecule has 0 aliphatic heterocycles. The Balaban J connectivity index is 2.00. The highest BCUT2D eigenvalue weighted by atomic mass is 35.5. The lowest BCUT2D eigenvalue weighted by Gasteiger charge is -2.14. The van der Waals surface area contributed by atoms with Gasteiger partial charge in [-0.3, -0.25) is 4.79 Å². The van der Waals surface area contributed by atoms with Crippen molar-refractivity contribution in [2.75, 3.05) is 5.32 Å². The fraction of sp³-hybridized carbons (Fsp3) is 0.235. The van der Waals surface area contributed by atoms with Crippen LogP contribution in [-0.4, -0.2) is 11.2 Å². The summed E-state index contributed by atoms with van der Waals surface area (Å²) in [5.41, 5.74) is 2.98. The maximum atomic E-state index is 12.3. The molecule has 1 N–H and O–H groups in total. The molecule has 0 saturated heterocycles. The van der Waals surface area contributed by atoms with Gasteiger partial charge in [-0.05, 0) is 56.7 Å². The molecule has 0 unspecified atom stereocenters. The van der Waals surface area contributed by atoms with Gasteiger partial charge in [0.15, 0.2) is 0 Å². The van der Waals surface area contributed by atoms with Crippen molar-refractivity contribution in [2.45, 2.75) is 30.9 Å². The van der Waals surface area contributed by atoms with Crippen molar-refractivity contribution in [1.29, 1.82) is 0 Å². The topological polar surface area (TPSA) is 29.1 Å². The Hall–Kier alpha value is -1.45. The molecule has 0 bridgehead atoms. The SMILES string of the molecule is Cc1ccc(S[C@@H](C)C(=O)Nc2ccc(Cl)cc2C)cc1.